The van der Waals surface area contributed by atoms with Crippen molar-refractivity contribution in [2.45, 2.75) is 75.0 Å². The fraction of sp³-hybridized carbons (Fsp3) is 0.100. The maximum atomic E-state index is 2.41. The molecular weight excluding hydrogens is 1500 g/mol. The zero-order valence-corrected chi connectivity index (χ0v) is 70.0. The second kappa shape index (κ2) is 37.0. The molecule has 2 fully saturated rings. The first-order valence-electron chi connectivity index (χ1n) is 44.1. The second-order valence-electron chi connectivity index (χ2n) is 33.0. The first-order chi connectivity index (χ1) is 61.4. The van der Waals surface area contributed by atoms with Gasteiger partial charge in [-0.15, -0.1) is 0 Å². The summed E-state index contributed by atoms with van der Waals surface area (Å²) < 4.78 is 0. The first kappa shape index (κ1) is 79.0. The van der Waals surface area contributed by atoms with Crippen LogP contribution < -0.4 is 19.6 Å². The molecule has 0 unspecified atom stereocenters. The Bertz CT molecular complexity index is 5840. The molecule has 0 amide bonds. The zero-order valence-electron chi connectivity index (χ0n) is 70.0. The fourth-order valence-electron chi connectivity index (χ4n) is 19.1. The topological polar surface area (TPSA) is 13.0 Å². The average Bonchev–Trinajstić information content (AvgIpc) is 0.760. The van der Waals surface area contributed by atoms with Crippen molar-refractivity contribution < 1.29 is 0 Å². The van der Waals surface area contributed by atoms with E-state index in [0.717, 1.165) is 93.9 Å². The molecule has 124 heavy (non-hydrogen) atoms. The van der Waals surface area contributed by atoms with Crippen molar-refractivity contribution in [3.8, 4) is 66.8 Å². The van der Waals surface area contributed by atoms with Crippen LogP contribution in [0.4, 0.5) is 68.2 Å². The van der Waals surface area contributed by atoms with Gasteiger partial charge < -0.3 is 19.6 Å². The second-order valence-corrected chi connectivity index (χ2v) is 33.0. The van der Waals surface area contributed by atoms with Crippen LogP contribution in [0.1, 0.15) is 86.5 Å². The maximum absolute atomic E-state index is 2.41. The third-order valence-corrected chi connectivity index (χ3v) is 25.6. The fourth-order valence-corrected chi connectivity index (χ4v) is 19.1. The number of benzene rings is 18. The van der Waals surface area contributed by atoms with Crippen LogP contribution in [0.3, 0.4) is 0 Å². The van der Waals surface area contributed by atoms with Gasteiger partial charge in [-0.05, 0) is 260 Å². The van der Waals surface area contributed by atoms with Crippen LogP contribution >= 0.6 is 0 Å². The molecule has 0 atom stereocenters. The van der Waals surface area contributed by atoms with Gasteiger partial charge in [-0.3, -0.25) is 0 Å². The number of para-hydroxylation sites is 2. The molecule has 2 aliphatic rings. The third kappa shape index (κ3) is 17.2. The Morgan fingerprint density at radius 1 is 0.113 bits per heavy atom. The van der Waals surface area contributed by atoms with Crippen LogP contribution in [0.5, 0.6) is 0 Å². The summed E-state index contributed by atoms with van der Waals surface area (Å²) in [4.78, 5) is 9.52. The van der Waals surface area contributed by atoms with Crippen molar-refractivity contribution >= 4 is 68.2 Å². The average molecular weight is 1600 g/mol. The van der Waals surface area contributed by atoms with E-state index in [0.29, 0.717) is 0 Å². The largest absolute Gasteiger partial charge is 0.311 e. The van der Waals surface area contributed by atoms with E-state index in [-0.39, 0.29) is 10.8 Å². The van der Waals surface area contributed by atoms with E-state index < -0.39 is 0 Å². The Kier molecular flexibility index (Phi) is 23.6. The molecule has 2 saturated carbocycles. The predicted octanol–water partition coefficient (Wildman–Crippen LogP) is 33.8. The summed E-state index contributed by atoms with van der Waals surface area (Å²) in [7, 11) is 0. The summed E-state index contributed by atoms with van der Waals surface area (Å²) in [5.41, 5.74) is 33.7. The quantitative estimate of drug-likeness (QED) is 0.0670. The van der Waals surface area contributed by atoms with Gasteiger partial charge in [0.2, 0.25) is 0 Å². The summed E-state index contributed by atoms with van der Waals surface area (Å²) in [5.74, 6) is 0. The summed E-state index contributed by atoms with van der Waals surface area (Å²) in [6, 6.07) is 177. The van der Waals surface area contributed by atoms with Crippen molar-refractivity contribution in [1.29, 1.82) is 0 Å². The van der Waals surface area contributed by atoms with Crippen LogP contribution in [-0.2, 0) is 10.8 Å². The minimum Gasteiger partial charge on any atom is -0.311 e. The summed E-state index contributed by atoms with van der Waals surface area (Å²) in [5, 5.41) is 0. The minimum atomic E-state index is -0.0751. The molecule has 4 heteroatoms. The van der Waals surface area contributed by atoms with Crippen LogP contribution in [0.2, 0.25) is 0 Å². The number of hydrogen-bond acceptors (Lipinski definition) is 4. The van der Waals surface area contributed by atoms with Crippen molar-refractivity contribution in [2.24, 2.45) is 0 Å². The first-order valence-corrected chi connectivity index (χ1v) is 44.1. The van der Waals surface area contributed by atoms with Gasteiger partial charge in [0.05, 0.1) is 0 Å². The van der Waals surface area contributed by atoms with Gasteiger partial charge in [0.1, 0.15) is 0 Å². The Labute approximate surface area is 732 Å². The minimum absolute atomic E-state index is 0.0286. The molecule has 0 radical (unpaired) electrons. The molecule has 0 heterocycles. The van der Waals surface area contributed by atoms with Gasteiger partial charge in [0, 0.05) is 79.1 Å². The summed E-state index contributed by atoms with van der Waals surface area (Å²) >= 11 is 0. The number of hydrogen-bond donors (Lipinski definition) is 0. The summed E-state index contributed by atoms with van der Waals surface area (Å²) in [6.07, 6.45) is 12.0. The Balaban J connectivity index is 0.000000166. The van der Waals surface area contributed by atoms with E-state index in [4.69, 9.17) is 0 Å². The van der Waals surface area contributed by atoms with E-state index in [1.807, 2.05) is 0 Å². The monoisotopic (exact) mass is 1600 g/mol. The Morgan fingerprint density at radius 3 is 0.387 bits per heavy atom. The van der Waals surface area contributed by atoms with Gasteiger partial charge >= 0.3 is 0 Å². The van der Waals surface area contributed by atoms with Crippen LogP contribution in [-0.4, -0.2) is 0 Å². The highest BCUT2D eigenvalue weighted by Gasteiger charge is 2.38. The van der Waals surface area contributed by atoms with Gasteiger partial charge in [-0.2, -0.15) is 0 Å². The molecular formula is C120H100N4. The van der Waals surface area contributed by atoms with Crippen LogP contribution in [0.15, 0.2) is 485 Å². The molecule has 4 nitrogen and oxygen atoms in total. The number of anilines is 12. The van der Waals surface area contributed by atoms with Crippen molar-refractivity contribution in [3.63, 3.8) is 0 Å². The Hall–Kier alpha value is -14.8. The molecule has 18 aromatic rings. The zero-order chi connectivity index (χ0) is 83.1. The molecule has 2 aliphatic carbocycles. The van der Waals surface area contributed by atoms with Gasteiger partial charge in [-0.25, -0.2) is 0 Å². The van der Waals surface area contributed by atoms with Crippen LogP contribution in [0, 0.1) is 0 Å². The molecule has 0 saturated heterocycles. The maximum Gasteiger partial charge on any atom is 0.0462 e. The Morgan fingerprint density at radius 2 is 0.234 bits per heavy atom. The predicted molar refractivity (Wildman–Crippen MR) is 525 cm³/mol. The van der Waals surface area contributed by atoms with E-state index in [9.17, 15) is 0 Å². The highest BCUT2D eigenvalue weighted by atomic mass is 15.2. The lowest BCUT2D eigenvalue weighted by Gasteiger charge is -2.39. The van der Waals surface area contributed by atoms with E-state index >= 15 is 0 Å². The molecule has 600 valence electrons. The summed E-state index contributed by atoms with van der Waals surface area (Å²) in [6.45, 7) is 0. The van der Waals surface area contributed by atoms with E-state index in [2.05, 4.69) is 505 Å². The molecule has 18 aromatic carbocycles. The smallest absolute Gasteiger partial charge is 0.0462 e. The van der Waals surface area contributed by atoms with Crippen molar-refractivity contribution in [2.75, 3.05) is 19.6 Å². The molecule has 0 aliphatic heterocycles. The standard InChI is InChI=1S/C66H54N2.C54H46N2/c1-6-16-50(17-7-1)54-24-36-60(37-25-54)67(61-38-26-55(27-39-61)51-18-8-2-9-19-51)64-44-32-58(33-45-64)66(48-14-5-15-49-66)59-34-46-65(47-35-59)68(62-40-28-56(29-41-62)52-20-10-3-11-21-52)63-42-30-57(31-43-63)53-22-12-4-13-23-53;1-6-16-42(17-7-1)44-24-32-50(33-25-44)55(48-20-10-3-11-21-48)52-36-28-46(29-37-52)54(40-14-5-15-41-54)47-30-38-53(39-31-47)56(49-22-12-4-13-23-49)51-34-26-45(27-35-51)43-18-8-2-9-19-43/h1-4,6-13,16-47H,5,14-15,48-49H2;1-4,6-13,16-39H,5,14-15,40-41H2. The highest BCUT2D eigenvalue weighted by Crippen LogP contribution is 2.51. The molecule has 0 bridgehead atoms. The van der Waals surface area contributed by atoms with Gasteiger partial charge in [0.25, 0.3) is 0 Å². The van der Waals surface area contributed by atoms with Crippen molar-refractivity contribution in [1.82, 2.24) is 0 Å². The lowest BCUT2D eigenvalue weighted by atomic mass is 9.65. The van der Waals surface area contributed by atoms with Gasteiger partial charge in [0.15, 0.2) is 0 Å². The van der Waals surface area contributed by atoms with Crippen molar-refractivity contribution in [3.05, 3.63) is 508 Å². The number of rotatable bonds is 22. The van der Waals surface area contributed by atoms with E-state index in [1.54, 1.807) is 0 Å². The molecule has 0 N–H and O–H groups in total. The molecule has 0 spiro atoms. The molecule has 0 aromatic heterocycles. The van der Waals surface area contributed by atoms with Gasteiger partial charge in [-0.1, -0.05) is 378 Å². The highest BCUT2D eigenvalue weighted by molar-refractivity contribution is 5.85. The lowest BCUT2D eigenvalue weighted by molar-refractivity contribution is 0.346. The number of nitrogens with zero attached hydrogens (tertiary/aromatic N) is 4. The SMILES string of the molecule is c1ccc(-c2ccc(N(c3ccc(-c4ccccc4)cc3)c3ccc(C4(c5ccc(N(c6ccc(-c7ccccc7)cc6)c6ccc(-c7ccccc7)cc6)cc5)CCCCC4)cc3)cc2)cc1.c1ccc(-c2ccc(N(c3ccccc3)c3ccc(C4(c5ccc(N(c6ccccc6)c6ccc(-c7ccccc7)cc6)cc5)CCCCC4)cc3)cc2)cc1. The lowest BCUT2D eigenvalue weighted by Crippen LogP contribution is -2.30. The normalized spacial score (nSPS) is 13.3. The molecule has 20 rings (SSSR count). The van der Waals surface area contributed by atoms with Crippen LogP contribution in [0.25, 0.3) is 66.8 Å². The van der Waals surface area contributed by atoms with E-state index in [1.165, 1.54) is 128 Å². The third-order valence-electron chi connectivity index (χ3n) is 25.6.